The Kier molecular flexibility index (Phi) is 6.32. The Morgan fingerprint density at radius 1 is 0.413 bits per heavy atom. The van der Waals surface area contributed by atoms with E-state index in [1.165, 1.54) is 0 Å². The quantitative estimate of drug-likeness (QED) is 0.313. The van der Waals surface area contributed by atoms with Gasteiger partial charge in [0.1, 0.15) is 11.5 Å². The molecule has 1 fully saturated rings. The van der Waals surface area contributed by atoms with Gasteiger partial charge in [0.15, 0.2) is 46.0 Å². The van der Waals surface area contributed by atoms with Gasteiger partial charge in [0, 0.05) is 49.4 Å². The normalized spacial score (nSPS) is 19.0. The predicted octanol–water partition coefficient (Wildman–Crippen LogP) is 4.51. The van der Waals surface area contributed by atoms with Crippen LogP contribution in [0.25, 0.3) is 0 Å². The number of ether oxygens (including phenoxy) is 8. The summed E-state index contributed by atoms with van der Waals surface area (Å²) in [5.74, 6) is 5.20. The van der Waals surface area contributed by atoms with Gasteiger partial charge in [-0.15, -0.1) is 0 Å². The monoisotopic (exact) mass is 626 g/mol. The molecule has 2 N–H and O–H groups in total. The van der Waals surface area contributed by atoms with Crippen LogP contribution in [0.2, 0.25) is 0 Å². The van der Waals surface area contributed by atoms with Crippen LogP contribution in [-0.2, 0) is 0 Å². The first-order chi connectivity index (χ1) is 22.6. The van der Waals surface area contributed by atoms with Crippen LogP contribution in [0, 0.1) is 0 Å². The summed E-state index contributed by atoms with van der Waals surface area (Å²) < 4.78 is 45.0. The average molecular weight is 627 g/mol. The van der Waals surface area contributed by atoms with Crippen LogP contribution < -0.4 is 37.9 Å². The van der Waals surface area contributed by atoms with Crippen LogP contribution in [0.5, 0.6) is 57.5 Å². The molecule has 5 aliphatic rings. The summed E-state index contributed by atoms with van der Waals surface area (Å²) >= 11 is 0. The van der Waals surface area contributed by atoms with E-state index in [1.807, 2.05) is 48.5 Å². The van der Waals surface area contributed by atoms with Crippen molar-refractivity contribution < 1.29 is 48.1 Å². The Labute approximate surface area is 263 Å². The Balaban J connectivity index is 1.07. The number of phenols is 2. The first-order valence-electron chi connectivity index (χ1n) is 15.1. The zero-order chi connectivity index (χ0) is 30.8. The highest BCUT2D eigenvalue weighted by Crippen LogP contribution is 2.48. The molecular formula is C34H30N2O10. The van der Waals surface area contributed by atoms with E-state index in [0.29, 0.717) is 83.3 Å². The summed E-state index contributed by atoms with van der Waals surface area (Å²) in [6.45, 7) is 3.17. The maximum absolute atomic E-state index is 11.3. The third kappa shape index (κ3) is 4.52. The second kappa shape index (κ2) is 10.7. The molecule has 5 heterocycles. The van der Waals surface area contributed by atoms with Crippen molar-refractivity contribution >= 4 is 0 Å². The molecule has 236 valence electrons. The lowest BCUT2D eigenvalue weighted by Crippen LogP contribution is -2.49. The molecule has 0 aromatic heterocycles. The molecule has 12 nitrogen and oxygen atoms in total. The molecule has 0 aliphatic carbocycles. The summed E-state index contributed by atoms with van der Waals surface area (Å²) in [4.78, 5) is 4.67. The van der Waals surface area contributed by atoms with Gasteiger partial charge in [-0.25, -0.2) is 0 Å². The van der Waals surface area contributed by atoms with Crippen molar-refractivity contribution in [3.05, 3.63) is 82.9 Å². The van der Waals surface area contributed by atoms with Gasteiger partial charge in [0.2, 0.25) is 27.2 Å². The molecule has 0 spiro atoms. The molecule has 0 unspecified atom stereocenters. The molecule has 0 saturated carbocycles. The standard InChI is InChI=1S/C34H30N2O10/c37-23-13-31-29(43-17-45-31)11-21(23)33(19-1-3-25-27(9-19)41-15-39-25)35-5-7-36(8-6-35)34(20-2-4-26-28(10-20)42-16-40-26)22-12-30-32(14-24(22)38)46-18-44-30/h1-4,9-14,33-34,37-38H,5-8,15-18H2/t33-,34-/m1/s1. The minimum absolute atomic E-state index is 0.111. The number of piperazine rings is 1. The van der Waals surface area contributed by atoms with Crippen molar-refractivity contribution in [3.63, 3.8) is 0 Å². The summed E-state index contributed by atoms with van der Waals surface area (Å²) in [6.07, 6.45) is 0. The molecule has 1 saturated heterocycles. The molecule has 46 heavy (non-hydrogen) atoms. The SMILES string of the molecule is Oc1cc2c(cc1[C@@H](c1ccc3c(c1)OCO3)N1CCN([C@H](c3ccc4c(c3)OCO4)c3cc4c(cc3O)OCO4)CC1)OCO2. The van der Waals surface area contributed by atoms with E-state index in [2.05, 4.69) is 9.80 Å². The van der Waals surface area contributed by atoms with Gasteiger partial charge in [-0.3, -0.25) is 9.80 Å². The molecule has 4 aromatic rings. The van der Waals surface area contributed by atoms with Gasteiger partial charge in [0.05, 0.1) is 12.1 Å². The maximum atomic E-state index is 11.3. The Morgan fingerprint density at radius 3 is 1.13 bits per heavy atom. The van der Waals surface area contributed by atoms with Crippen molar-refractivity contribution in [2.75, 3.05) is 53.4 Å². The van der Waals surface area contributed by atoms with Gasteiger partial charge in [-0.1, -0.05) is 12.1 Å². The minimum Gasteiger partial charge on any atom is -0.507 e. The van der Waals surface area contributed by atoms with Crippen molar-refractivity contribution in [1.29, 1.82) is 0 Å². The Morgan fingerprint density at radius 2 is 0.739 bits per heavy atom. The number of aromatic hydroxyl groups is 2. The number of rotatable bonds is 6. The average Bonchev–Trinajstić information content (AvgIpc) is 3.89. The largest absolute Gasteiger partial charge is 0.507 e. The molecule has 4 aromatic carbocycles. The number of fused-ring (bicyclic) bond motifs is 4. The molecule has 0 bridgehead atoms. The smallest absolute Gasteiger partial charge is 0.231 e. The van der Waals surface area contributed by atoms with Crippen molar-refractivity contribution in [1.82, 2.24) is 9.80 Å². The van der Waals surface area contributed by atoms with Gasteiger partial charge in [-0.05, 0) is 47.5 Å². The molecule has 9 rings (SSSR count). The maximum Gasteiger partial charge on any atom is 0.231 e. The van der Waals surface area contributed by atoms with E-state index in [1.54, 1.807) is 12.1 Å². The van der Waals surface area contributed by atoms with Crippen LogP contribution in [0.3, 0.4) is 0 Å². The van der Waals surface area contributed by atoms with Crippen LogP contribution in [0.4, 0.5) is 0 Å². The van der Waals surface area contributed by atoms with Gasteiger partial charge in [-0.2, -0.15) is 0 Å². The van der Waals surface area contributed by atoms with Crippen LogP contribution >= 0.6 is 0 Å². The molecule has 0 amide bonds. The highest BCUT2D eigenvalue weighted by Gasteiger charge is 2.36. The lowest BCUT2D eigenvalue weighted by Gasteiger charge is -2.43. The zero-order valence-electron chi connectivity index (χ0n) is 24.6. The van der Waals surface area contributed by atoms with E-state index < -0.39 is 0 Å². The highest BCUT2D eigenvalue weighted by atomic mass is 16.7. The van der Waals surface area contributed by atoms with Crippen molar-refractivity contribution in [2.24, 2.45) is 0 Å². The summed E-state index contributed by atoms with van der Waals surface area (Å²) in [7, 11) is 0. The van der Waals surface area contributed by atoms with Crippen LogP contribution in [-0.4, -0.2) is 73.4 Å². The Bertz CT molecular complexity index is 1710. The summed E-state index contributed by atoms with van der Waals surface area (Å²) in [5, 5.41) is 22.5. The number of nitrogens with zero attached hydrogens (tertiary/aromatic N) is 2. The molecule has 2 atom stereocenters. The second-order valence-electron chi connectivity index (χ2n) is 11.6. The first-order valence-corrected chi connectivity index (χ1v) is 15.1. The topological polar surface area (TPSA) is 121 Å². The number of hydrogen-bond acceptors (Lipinski definition) is 12. The fourth-order valence-corrected chi connectivity index (χ4v) is 6.93. The van der Waals surface area contributed by atoms with E-state index in [-0.39, 0.29) is 50.8 Å². The third-order valence-electron chi connectivity index (χ3n) is 9.14. The predicted molar refractivity (Wildman–Crippen MR) is 160 cm³/mol. The first kappa shape index (κ1) is 27.1. The molecule has 5 aliphatic heterocycles. The van der Waals surface area contributed by atoms with Gasteiger partial charge < -0.3 is 48.1 Å². The third-order valence-corrected chi connectivity index (χ3v) is 9.14. The lowest BCUT2D eigenvalue weighted by molar-refractivity contribution is 0.0881. The van der Waals surface area contributed by atoms with Crippen molar-refractivity contribution in [2.45, 2.75) is 12.1 Å². The molecule has 12 heteroatoms. The van der Waals surface area contributed by atoms with Crippen molar-refractivity contribution in [3.8, 4) is 57.5 Å². The summed E-state index contributed by atoms with van der Waals surface area (Å²) in [6, 6.07) is 18.1. The summed E-state index contributed by atoms with van der Waals surface area (Å²) in [5.41, 5.74) is 3.31. The van der Waals surface area contributed by atoms with E-state index >= 15 is 0 Å². The number of hydrogen-bond donors (Lipinski definition) is 2. The van der Waals surface area contributed by atoms with E-state index in [9.17, 15) is 10.2 Å². The minimum atomic E-state index is -0.311. The van der Waals surface area contributed by atoms with Crippen LogP contribution in [0.15, 0.2) is 60.7 Å². The second-order valence-corrected chi connectivity index (χ2v) is 11.6. The number of benzene rings is 4. The fourth-order valence-electron chi connectivity index (χ4n) is 6.93. The van der Waals surface area contributed by atoms with E-state index in [0.717, 1.165) is 11.1 Å². The van der Waals surface area contributed by atoms with E-state index in [4.69, 9.17) is 37.9 Å². The van der Waals surface area contributed by atoms with Gasteiger partial charge in [0.25, 0.3) is 0 Å². The number of phenolic OH excluding ortho intramolecular Hbond substituents is 2. The Hall–Kier alpha value is -5.20. The van der Waals surface area contributed by atoms with Crippen LogP contribution in [0.1, 0.15) is 34.3 Å². The zero-order valence-corrected chi connectivity index (χ0v) is 24.6. The highest BCUT2D eigenvalue weighted by molar-refractivity contribution is 5.57. The fraction of sp³-hybridized carbons (Fsp3) is 0.294. The molecular weight excluding hydrogens is 596 g/mol. The van der Waals surface area contributed by atoms with Gasteiger partial charge >= 0.3 is 0 Å². The lowest BCUT2D eigenvalue weighted by atomic mass is 9.92. The molecule has 0 radical (unpaired) electrons.